The van der Waals surface area contributed by atoms with Gasteiger partial charge in [0.2, 0.25) is 0 Å². The Bertz CT molecular complexity index is 1030. The van der Waals surface area contributed by atoms with Crippen LogP contribution >= 0.6 is 22.9 Å². The van der Waals surface area contributed by atoms with Crippen LogP contribution in [0.2, 0.25) is 4.34 Å². The number of hydrogen-bond donors (Lipinski definition) is 1. The van der Waals surface area contributed by atoms with E-state index in [-0.39, 0.29) is 18.5 Å². The van der Waals surface area contributed by atoms with E-state index in [1.54, 1.807) is 29.2 Å². The number of nitrogens with zero attached hydrogens (tertiary/aromatic N) is 4. The van der Waals surface area contributed by atoms with Crippen molar-refractivity contribution < 1.29 is 19.1 Å². The van der Waals surface area contributed by atoms with Gasteiger partial charge in [0.05, 0.1) is 28.8 Å². The van der Waals surface area contributed by atoms with Gasteiger partial charge in [-0.25, -0.2) is 4.79 Å². The van der Waals surface area contributed by atoms with Gasteiger partial charge in [-0.15, -0.1) is 16.3 Å². The van der Waals surface area contributed by atoms with E-state index < -0.39 is 12.2 Å². The van der Waals surface area contributed by atoms with Crippen molar-refractivity contribution in [2.24, 2.45) is 5.10 Å². The molecule has 30 heavy (non-hydrogen) atoms. The highest BCUT2D eigenvalue weighted by Crippen LogP contribution is 2.26. The van der Waals surface area contributed by atoms with Crippen LogP contribution in [0.5, 0.6) is 0 Å². The second-order valence-electron chi connectivity index (χ2n) is 6.43. The minimum atomic E-state index is -0.471. The molecule has 2 aromatic rings. The number of rotatable bonds is 5. The summed E-state index contributed by atoms with van der Waals surface area (Å²) in [5.41, 5.74) is 1.48. The fourth-order valence-electron chi connectivity index (χ4n) is 3.15. The molecule has 2 aliphatic rings. The standard InChI is InChI=1S/C19H16ClN5O4S/c1-21-23-18-24(8-9-28-18)12-2-4-13(5-3-12)25-11-14(29-19(25)27)10-22-17(26)15-6-7-16(20)30-15/h2-7,14H,8-11H2,(H,22,26)/t14-/m0/s1. The van der Waals surface area contributed by atoms with Crippen LogP contribution in [0.1, 0.15) is 9.67 Å². The SMILES string of the molecule is [C-]#[N+]N=C1OCCN1c1ccc(N2C[C@H](CNC(=O)c3ccc(Cl)s3)OC2=O)cc1. The van der Waals surface area contributed by atoms with Crippen LogP contribution in [0.4, 0.5) is 16.2 Å². The molecule has 0 saturated carbocycles. The summed E-state index contributed by atoms with van der Waals surface area (Å²) in [4.78, 5) is 31.2. The topological polar surface area (TPSA) is 87.8 Å². The number of carbonyl (C=O) groups is 2. The molecule has 1 aromatic carbocycles. The second-order valence-corrected chi connectivity index (χ2v) is 8.14. The summed E-state index contributed by atoms with van der Waals surface area (Å²) >= 11 is 7.04. The number of amidine groups is 1. The molecule has 0 radical (unpaired) electrons. The normalized spacial score (nSPS) is 19.5. The summed E-state index contributed by atoms with van der Waals surface area (Å²) in [5, 5.41) is 6.41. The molecule has 0 unspecified atom stereocenters. The Balaban J connectivity index is 1.36. The lowest BCUT2D eigenvalue weighted by Gasteiger charge is -2.17. The van der Waals surface area contributed by atoms with Gasteiger partial charge in [-0.05, 0) is 36.4 Å². The molecule has 2 aliphatic heterocycles. The Hall–Kier alpha value is -3.29. The van der Waals surface area contributed by atoms with Crippen molar-refractivity contribution in [3.05, 3.63) is 57.1 Å². The average Bonchev–Trinajstić information content (AvgIpc) is 3.47. The van der Waals surface area contributed by atoms with Gasteiger partial charge in [-0.3, -0.25) is 14.6 Å². The molecule has 0 bridgehead atoms. The predicted molar refractivity (Wildman–Crippen MR) is 113 cm³/mol. The molecular weight excluding hydrogens is 430 g/mol. The first-order chi connectivity index (χ1) is 14.5. The average molecular weight is 446 g/mol. The summed E-state index contributed by atoms with van der Waals surface area (Å²) < 4.78 is 11.2. The molecule has 2 fully saturated rings. The zero-order valence-electron chi connectivity index (χ0n) is 15.6. The molecule has 3 heterocycles. The molecule has 9 nitrogen and oxygen atoms in total. The number of cyclic esters (lactones) is 1. The molecule has 2 saturated heterocycles. The maximum Gasteiger partial charge on any atom is 0.414 e. The van der Waals surface area contributed by atoms with E-state index in [2.05, 4.69) is 15.4 Å². The first-order valence-electron chi connectivity index (χ1n) is 9.01. The van der Waals surface area contributed by atoms with Gasteiger partial charge < -0.3 is 14.8 Å². The molecule has 1 atom stereocenters. The molecule has 4 rings (SSSR count). The third-order valence-corrected chi connectivity index (χ3v) is 5.78. The number of nitrogens with one attached hydrogen (secondary N) is 1. The van der Waals surface area contributed by atoms with Crippen LogP contribution in [0.25, 0.3) is 4.95 Å². The lowest BCUT2D eigenvalue weighted by atomic mass is 10.2. The number of carbonyl (C=O) groups excluding carboxylic acids is 2. The Morgan fingerprint density at radius 2 is 2.00 bits per heavy atom. The summed E-state index contributed by atoms with van der Waals surface area (Å²) in [6.45, 7) is 8.44. The maximum absolute atomic E-state index is 12.3. The van der Waals surface area contributed by atoms with E-state index in [4.69, 9.17) is 27.6 Å². The summed E-state index contributed by atoms with van der Waals surface area (Å²) in [5.74, 6) is -0.254. The van der Waals surface area contributed by atoms with Crippen LogP contribution < -0.4 is 15.1 Å². The van der Waals surface area contributed by atoms with Crippen molar-refractivity contribution in [1.82, 2.24) is 5.32 Å². The van der Waals surface area contributed by atoms with Gasteiger partial charge in [0, 0.05) is 11.4 Å². The molecule has 0 aliphatic carbocycles. The summed E-state index contributed by atoms with van der Waals surface area (Å²) in [6.07, 6.45) is -0.929. The number of benzene rings is 1. The molecule has 11 heteroatoms. The van der Waals surface area contributed by atoms with E-state index in [9.17, 15) is 9.59 Å². The van der Waals surface area contributed by atoms with E-state index in [0.29, 0.717) is 34.6 Å². The highest BCUT2D eigenvalue weighted by Gasteiger charge is 2.33. The quantitative estimate of drug-likeness (QED) is 0.564. The fourth-order valence-corrected chi connectivity index (χ4v) is 4.11. The first-order valence-corrected chi connectivity index (χ1v) is 10.2. The lowest BCUT2D eigenvalue weighted by Crippen LogP contribution is -2.34. The van der Waals surface area contributed by atoms with E-state index in [0.717, 1.165) is 5.69 Å². The van der Waals surface area contributed by atoms with E-state index in [1.807, 2.05) is 12.1 Å². The number of anilines is 2. The largest absolute Gasteiger partial charge is 0.458 e. The Morgan fingerprint density at radius 3 is 2.67 bits per heavy atom. The van der Waals surface area contributed by atoms with Crippen molar-refractivity contribution in [1.29, 1.82) is 0 Å². The smallest absolute Gasteiger partial charge is 0.414 e. The molecule has 1 N–H and O–H groups in total. The Kier molecular flexibility index (Phi) is 5.74. The molecular formula is C19H16ClN5O4S. The van der Waals surface area contributed by atoms with Gasteiger partial charge in [0.15, 0.2) is 0 Å². The van der Waals surface area contributed by atoms with Gasteiger partial charge in [0.1, 0.15) is 17.8 Å². The van der Waals surface area contributed by atoms with Gasteiger partial charge in [0.25, 0.3) is 5.91 Å². The van der Waals surface area contributed by atoms with Crippen molar-refractivity contribution in [3.8, 4) is 0 Å². The van der Waals surface area contributed by atoms with Crippen LogP contribution in [0.3, 0.4) is 0 Å². The van der Waals surface area contributed by atoms with E-state index >= 15 is 0 Å². The third-order valence-electron chi connectivity index (χ3n) is 4.55. The Labute approximate surface area is 181 Å². The highest BCUT2D eigenvalue weighted by atomic mass is 35.5. The maximum atomic E-state index is 12.3. The first kappa shape index (κ1) is 20.0. The van der Waals surface area contributed by atoms with Gasteiger partial charge >= 0.3 is 12.1 Å². The van der Waals surface area contributed by atoms with Crippen molar-refractivity contribution >= 4 is 52.3 Å². The van der Waals surface area contributed by atoms with Crippen molar-refractivity contribution in [2.75, 3.05) is 36.0 Å². The van der Waals surface area contributed by atoms with Crippen LogP contribution in [-0.2, 0) is 9.47 Å². The molecule has 154 valence electrons. The monoisotopic (exact) mass is 445 g/mol. The number of halogens is 1. The van der Waals surface area contributed by atoms with Gasteiger partial charge in [-0.1, -0.05) is 11.6 Å². The molecule has 2 amide bonds. The Morgan fingerprint density at radius 1 is 1.27 bits per heavy atom. The minimum Gasteiger partial charge on any atom is -0.458 e. The minimum absolute atomic E-state index is 0.205. The summed E-state index contributed by atoms with van der Waals surface area (Å²) in [6, 6.07) is 10.8. The zero-order chi connectivity index (χ0) is 21.1. The fraction of sp³-hybridized carbons (Fsp3) is 0.263. The number of ether oxygens (including phenoxy) is 2. The number of amides is 2. The van der Waals surface area contributed by atoms with Gasteiger partial charge in [-0.2, -0.15) is 6.57 Å². The number of thiophene rings is 1. The lowest BCUT2D eigenvalue weighted by molar-refractivity contribution is 0.0920. The second kappa shape index (κ2) is 8.61. The molecule has 0 spiro atoms. The zero-order valence-corrected chi connectivity index (χ0v) is 17.2. The van der Waals surface area contributed by atoms with Crippen LogP contribution in [-0.4, -0.2) is 50.4 Å². The van der Waals surface area contributed by atoms with E-state index in [1.165, 1.54) is 16.2 Å². The van der Waals surface area contributed by atoms with Crippen LogP contribution in [0, 0.1) is 6.57 Å². The highest BCUT2D eigenvalue weighted by molar-refractivity contribution is 7.18. The number of hydrogen-bond acceptors (Lipinski definition) is 6. The molecule has 1 aromatic heterocycles. The summed E-state index contributed by atoms with van der Waals surface area (Å²) in [7, 11) is 0. The van der Waals surface area contributed by atoms with Crippen molar-refractivity contribution in [2.45, 2.75) is 6.10 Å². The predicted octanol–water partition coefficient (Wildman–Crippen LogP) is 3.18. The third kappa shape index (κ3) is 4.17. The van der Waals surface area contributed by atoms with Crippen LogP contribution in [0.15, 0.2) is 41.5 Å². The van der Waals surface area contributed by atoms with Crippen molar-refractivity contribution in [3.63, 3.8) is 0 Å².